The van der Waals surface area contributed by atoms with E-state index < -0.39 is 47.6 Å². The zero-order chi connectivity index (χ0) is 13.2. The van der Waals surface area contributed by atoms with Gasteiger partial charge in [0.05, 0.1) is 6.42 Å². The highest BCUT2D eigenvalue weighted by molar-refractivity contribution is 6.70. The molecule has 9 nitrogen and oxygen atoms in total. The van der Waals surface area contributed by atoms with E-state index in [-0.39, 0.29) is 0 Å². The molecule has 1 aliphatic heterocycles. The highest BCUT2D eigenvalue weighted by atomic mass is 17.4. The average molecular weight is 244 g/mol. The standard InChI is InChI=1S/C8H4O9/c9-2(1-3(10)5(12)7(14)15)4(11)6(13)8-16-17-8/h8H,1H2,(H,14,15). The van der Waals surface area contributed by atoms with E-state index in [0.717, 1.165) is 0 Å². The van der Waals surface area contributed by atoms with E-state index >= 15 is 0 Å². The van der Waals surface area contributed by atoms with Crippen molar-refractivity contribution in [2.75, 3.05) is 0 Å². The maximum atomic E-state index is 11.0. The van der Waals surface area contributed by atoms with Crippen molar-refractivity contribution in [3.63, 3.8) is 0 Å². The topological polar surface area (TPSA) is 148 Å². The molecule has 0 amide bonds. The average Bonchev–Trinajstić information content (AvgIpc) is 3.09. The van der Waals surface area contributed by atoms with Crippen LogP contribution in [0.15, 0.2) is 0 Å². The van der Waals surface area contributed by atoms with Crippen LogP contribution >= 0.6 is 0 Å². The molecule has 0 aromatic carbocycles. The van der Waals surface area contributed by atoms with Gasteiger partial charge in [0, 0.05) is 0 Å². The fourth-order valence-electron chi connectivity index (χ4n) is 0.785. The van der Waals surface area contributed by atoms with Crippen LogP contribution in [-0.2, 0) is 38.5 Å². The van der Waals surface area contributed by atoms with Crippen LogP contribution < -0.4 is 0 Å². The number of carbonyl (C=O) groups is 6. The summed E-state index contributed by atoms with van der Waals surface area (Å²) in [5, 5.41) is 8.14. The number of Topliss-reactive ketones (excluding diaryl/α,β-unsaturated/α-hetero) is 5. The molecule has 0 atom stereocenters. The van der Waals surface area contributed by atoms with Crippen LogP contribution in [0.1, 0.15) is 6.42 Å². The zero-order valence-electron chi connectivity index (χ0n) is 8.00. The molecule has 1 heterocycles. The minimum Gasteiger partial charge on any atom is -0.475 e. The quantitative estimate of drug-likeness (QED) is 0.223. The SMILES string of the molecule is O=C(O)C(=O)C(=O)CC(=O)C(=O)C(=O)C1OO1. The van der Waals surface area contributed by atoms with Crippen LogP contribution in [0.25, 0.3) is 0 Å². The number of hydrogen-bond donors (Lipinski definition) is 1. The van der Waals surface area contributed by atoms with Gasteiger partial charge in [0.1, 0.15) is 0 Å². The number of ketones is 5. The van der Waals surface area contributed by atoms with Crippen LogP contribution in [-0.4, -0.2) is 46.3 Å². The molecule has 90 valence electrons. The van der Waals surface area contributed by atoms with Gasteiger partial charge < -0.3 is 5.11 Å². The highest BCUT2D eigenvalue weighted by Gasteiger charge is 2.42. The molecule has 17 heavy (non-hydrogen) atoms. The predicted octanol–water partition coefficient (Wildman–Crippen LogP) is -2.41. The lowest BCUT2D eigenvalue weighted by molar-refractivity contribution is -0.153. The first-order valence-electron chi connectivity index (χ1n) is 4.08. The Kier molecular flexibility index (Phi) is 3.55. The van der Waals surface area contributed by atoms with Gasteiger partial charge >= 0.3 is 11.8 Å². The molecule has 0 bridgehead atoms. The fraction of sp³-hybridized carbons (Fsp3) is 0.250. The maximum Gasteiger partial charge on any atom is 0.380 e. The number of rotatable bonds is 7. The summed E-state index contributed by atoms with van der Waals surface area (Å²) in [5.41, 5.74) is 0. The van der Waals surface area contributed by atoms with E-state index in [1.165, 1.54) is 0 Å². The fourth-order valence-corrected chi connectivity index (χ4v) is 0.785. The molecule has 0 unspecified atom stereocenters. The summed E-state index contributed by atoms with van der Waals surface area (Å²) in [6.07, 6.45) is -2.74. The Labute approximate surface area is 92.2 Å². The first-order chi connectivity index (χ1) is 7.84. The lowest BCUT2D eigenvalue weighted by atomic mass is 10.1. The third kappa shape index (κ3) is 3.09. The summed E-state index contributed by atoms with van der Waals surface area (Å²) < 4.78 is 0. The van der Waals surface area contributed by atoms with Crippen LogP contribution in [0.5, 0.6) is 0 Å². The van der Waals surface area contributed by atoms with Gasteiger partial charge in [-0.25, -0.2) is 4.79 Å². The van der Waals surface area contributed by atoms with E-state index in [2.05, 4.69) is 9.78 Å². The second-order valence-electron chi connectivity index (χ2n) is 2.88. The van der Waals surface area contributed by atoms with Crippen LogP contribution in [0.4, 0.5) is 0 Å². The summed E-state index contributed by atoms with van der Waals surface area (Å²) in [7, 11) is 0. The number of carboxylic acids is 1. The number of carbonyl (C=O) groups excluding carboxylic acids is 5. The molecular weight excluding hydrogens is 240 g/mol. The largest absolute Gasteiger partial charge is 0.475 e. The minimum absolute atomic E-state index is 1.28. The van der Waals surface area contributed by atoms with Gasteiger partial charge in [0.15, 0.2) is 0 Å². The number of aliphatic carboxylic acids is 1. The van der Waals surface area contributed by atoms with Gasteiger partial charge in [-0.3, -0.25) is 24.0 Å². The minimum atomic E-state index is -2.05. The number of hydrogen-bond acceptors (Lipinski definition) is 8. The van der Waals surface area contributed by atoms with Gasteiger partial charge in [-0.05, 0) is 0 Å². The lowest BCUT2D eigenvalue weighted by Crippen LogP contribution is -2.32. The van der Waals surface area contributed by atoms with E-state index in [0.29, 0.717) is 0 Å². The maximum absolute atomic E-state index is 11.0. The van der Waals surface area contributed by atoms with E-state index in [1.807, 2.05) is 0 Å². The molecule has 9 heteroatoms. The Morgan fingerprint density at radius 1 is 0.882 bits per heavy atom. The first-order valence-corrected chi connectivity index (χ1v) is 4.08. The summed E-state index contributed by atoms with van der Waals surface area (Å²) in [5.74, 6) is -9.85. The Balaban J connectivity index is 2.57. The van der Waals surface area contributed by atoms with Crippen molar-refractivity contribution in [1.82, 2.24) is 0 Å². The Hall–Kier alpha value is -2.26. The third-order valence-corrected chi connectivity index (χ3v) is 1.65. The summed E-state index contributed by atoms with van der Waals surface area (Å²) in [4.78, 5) is 72.3. The van der Waals surface area contributed by atoms with Crippen molar-refractivity contribution in [1.29, 1.82) is 0 Å². The van der Waals surface area contributed by atoms with E-state index in [9.17, 15) is 28.8 Å². The Bertz CT molecular complexity index is 442. The van der Waals surface area contributed by atoms with Crippen LogP contribution in [0.2, 0.25) is 0 Å². The van der Waals surface area contributed by atoms with Crippen molar-refractivity contribution < 1.29 is 43.6 Å². The highest BCUT2D eigenvalue weighted by Crippen LogP contribution is 2.13. The van der Waals surface area contributed by atoms with Crippen molar-refractivity contribution in [3.05, 3.63) is 0 Å². The smallest absolute Gasteiger partial charge is 0.380 e. The van der Waals surface area contributed by atoms with Crippen molar-refractivity contribution in [3.8, 4) is 0 Å². The predicted molar refractivity (Wildman–Crippen MR) is 43.2 cm³/mol. The van der Waals surface area contributed by atoms with Gasteiger partial charge in [-0.2, -0.15) is 9.78 Å². The second-order valence-corrected chi connectivity index (χ2v) is 2.88. The molecule has 0 spiro atoms. The van der Waals surface area contributed by atoms with Gasteiger partial charge in [-0.1, -0.05) is 0 Å². The summed E-state index contributed by atoms with van der Waals surface area (Å²) >= 11 is 0. The number of carboxylic acid groups (broad SMARTS) is 1. The molecule has 0 aliphatic carbocycles. The van der Waals surface area contributed by atoms with Gasteiger partial charge in [-0.15, -0.1) is 0 Å². The van der Waals surface area contributed by atoms with Crippen molar-refractivity contribution >= 4 is 34.9 Å². The summed E-state index contributed by atoms with van der Waals surface area (Å²) in [6, 6.07) is 0. The Morgan fingerprint density at radius 2 is 1.35 bits per heavy atom. The second kappa shape index (κ2) is 4.72. The molecule has 1 fully saturated rings. The van der Waals surface area contributed by atoms with E-state index in [4.69, 9.17) is 5.11 Å². The van der Waals surface area contributed by atoms with E-state index in [1.54, 1.807) is 0 Å². The molecule has 0 saturated carbocycles. The van der Waals surface area contributed by atoms with Crippen molar-refractivity contribution in [2.24, 2.45) is 0 Å². The molecule has 1 rings (SSSR count). The first kappa shape index (κ1) is 12.8. The molecule has 1 aliphatic rings. The van der Waals surface area contributed by atoms with Crippen LogP contribution in [0.3, 0.4) is 0 Å². The molecule has 1 N–H and O–H groups in total. The molecule has 0 aromatic heterocycles. The molecule has 0 radical (unpaired) electrons. The molecular formula is C8H4O9. The normalized spacial score (nSPS) is 13.9. The van der Waals surface area contributed by atoms with Gasteiger partial charge in [0.25, 0.3) is 17.9 Å². The van der Waals surface area contributed by atoms with Crippen LogP contribution in [0, 0.1) is 0 Å². The zero-order valence-corrected chi connectivity index (χ0v) is 8.00. The molecule has 0 aromatic rings. The van der Waals surface area contributed by atoms with Crippen molar-refractivity contribution in [2.45, 2.75) is 12.7 Å². The summed E-state index contributed by atoms with van der Waals surface area (Å²) in [6.45, 7) is 0. The van der Waals surface area contributed by atoms with Gasteiger partial charge in [0.2, 0.25) is 11.6 Å². The third-order valence-electron chi connectivity index (χ3n) is 1.65. The lowest BCUT2D eigenvalue weighted by Gasteiger charge is -1.94. The monoisotopic (exact) mass is 244 g/mol. The molecule has 1 saturated heterocycles. The Morgan fingerprint density at radius 3 is 1.76 bits per heavy atom.